The number of hydrogen-bond acceptors (Lipinski definition) is 1. The molecule has 1 saturated carbocycles. The molecular formula is C8H15ClS. The fourth-order valence-corrected chi connectivity index (χ4v) is 2.29. The topological polar surface area (TPSA) is 0 Å². The first-order valence-electron chi connectivity index (χ1n) is 4.00. The molecule has 1 atom stereocenters. The van der Waals surface area contributed by atoms with Gasteiger partial charge in [-0.3, -0.25) is 0 Å². The standard InChI is InChI=1S/C8H15ClS/c1-7(5-9)10-6-8-3-2-4-8/h7-8H,2-6H2,1H3. The molecule has 0 nitrogen and oxygen atoms in total. The maximum absolute atomic E-state index is 5.68. The average molecular weight is 179 g/mol. The minimum absolute atomic E-state index is 0.655. The molecule has 10 heavy (non-hydrogen) atoms. The maximum atomic E-state index is 5.68. The Morgan fingerprint density at radius 1 is 1.60 bits per heavy atom. The zero-order chi connectivity index (χ0) is 7.40. The summed E-state index contributed by atoms with van der Waals surface area (Å²) in [6.45, 7) is 2.20. The quantitative estimate of drug-likeness (QED) is 0.597. The van der Waals surface area contributed by atoms with E-state index < -0.39 is 0 Å². The van der Waals surface area contributed by atoms with Crippen molar-refractivity contribution in [2.45, 2.75) is 31.4 Å². The van der Waals surface area contributed by atoms with Crippen LogP contribution in [0, 0.1) is 5.92 Å². The largest absolute Gasteiger partial charge is 0.157 e. The SMILES string of the molecule is CC(CCl)SCC1CCC1. The van der Waals surface area contributed by atoms with E-state index in [1.165, 1.54) is 25.0 Å². The lowest BCUT2D eigenvalue weighted by Crippen LogP contribution is -2.15. The molecule has 1 fully saturated rings. The second kappa shape index (κ2) is 4.50. The van der Waals surface area contributed by atoms with E-state index in [9.17, 15) is 0 Å². The van der Waals surface area contributed by atoms with E-state index in [4.69, 9.17) is 11.6 Å². The minimum atomic E-state index is 0.655. The molecule has 0 aromatic rings. The number of hydrogen-bond donors (Lipinski definition) is 0. The van der Waals surface area contributed by atoms with Crippen molar-refractivity contribution in [1.29, 1.82) is 0 Å². The number of alkyl halides is 1. The molecule has 0 aromatic heterocycles. The Kier molecular flexibility index (Phi) is 3.93. The number of rotatable bonds is 4. The molecule has 1 aliphatic rings. The van der Waals surface area contributed by atoms with Crippen molar-refractivity contribution in [1.82, 2.24) is 0 Å². The highest BCUT2D eigenvalue weighted by molar-refractivity contribution is 7.99. The zero-order valence-electron chi connectivity index (χ0n) is 6.48. The van der Waals surface area contributed by atoms with Gasteiger partial charge in [0.25, 0.3) is 0 Å². The van der Waals surface area contributed by atoms with Gasteiger partial charge in [-0.2, -0.15) is 11.8 Å². The second-order valence-electron chi connectivity index (χ2n) is 3.10. The molecule has 0 radical (unpaired) electrons. The van der Waals surface area contributed by atoms with Crippen LogP contribution in [0.2, 0.25) is 0 Å². The van der Waals surface area contributed by atoms with Gasteiger partial charge in [-0.25, -0.2) is 0 Å². The van der Waals surface area contributed by atoms with Crippen LogP contribution in [0.5, 0.6) is 0 Å². The first kappa shape index (κ1) is 8.73. The van der Waals surface area contributed by atoms with E-state index in [-0.39, 0.29) is 0 Å². The van der Waals surface area contributed by atoms with Crippen molar-refractivity contribution in [3.8, 4) is 0 Å². The van der Waals surface area contributed by atoms with E-state index >= 15 is 0 Å². The lowest BCUT2D eigenvalue weighted by Gasteiger charge is -2.25. The summed E-state index contributed by atoms with van der Waals surface area (Å²) >= 11 is 7.70. The average Bonchev–Trinajstić information content (AvgIpc) is 1.84. The van der Waals surface area contributed by atoms with Crippen LogP contribution < -0.4 is 0 Å². The summed E-state index contributed by atoms with van der Waals surface area (Å²) < 4.78 is 0. The molecule has 0 bridgehead atoms. The Balaban J connectivity index is 1.93. The van der Waals surface area contributed by atoms with Gasteiger partial charge in [0.05, 0.1) is 0 Å². The van der Waals surface area contributed by atoms with Gasteiger partial charge in [0.1, 0.15) is 0 Å². The Morgan fingerprint density at radius 2 is 2.30 bits per heavy atom. The molecular weight excluding hydrogens is 164 g/mol. The molecule has 0 saturated heterocycles. The Morgan fingerprint density at radius 3 is 2.70 bits per heavy atom. The fourth-order valence-electron chi connectivity index (χ4n) is 1.00. The molecule has 0 spiro atoms. The Bertz CT molecular complexity index is 86.5. The molecule has 2 heteroatoms. The zero-order valence-corrected chi connectivity index (χ0v) is 8.05. The van der Waals surface area contributed by atoms with Crippen LogP contribution in [0.1, 0.15) is 26.2 Å². The first-order valence-corrected chi connectivity index (χ1v) is 5.59. The van der Waals surface area contributed by atoms with Crippen molar-refractivity contribution in [3.05, 3.63) is 0 Å². The van der Waals surface area contributed by atoms with Crippen LogP contribution in [0.4, 0.5) is 0 Å². The molecule has 0 heterocycles. The van der Waals surface area contributed by atoms with Gasteiger partial charge in [0.2, 0.25) is 0 Å². The fraction of sp³-hybridized carbons (Fsp3) is 1.00. The van der Waals surface area contributed by atoms with Gasteiger partial charge in [-0.15, -0.1) is 11.6 Å². The van der Waals surface area contributed by atoms with Crippen LogP contribution in [-0.4, -0.2) is 16.9 Å². The maximum Gasteiger partial charge on any atom is 0.0339 e. The highest BCUT2D eigenvalue weighted by Gasteiger charge is 2.17. The van der Waals surface area contributed by atoms with Crippen LogP contribution in [-0.2, 0) is 0 Å². The van der Waals surface area contributed by atoms with E-state index in [1.807, 2.05) is 11.8 Å². The van der Waals surface area contributed by atoms with Gasteiger partial charge in [0.15, 0.2) is 0 Å². The molecule has 60 valence electrons. The molecule has 1 unspecified atom stereocenters. The predicted octanol–water partition coefficient (Wildman–Crippen LogP) is 3.15. The summed E-state index contributed by atoms with van der Waals surface area (Å²) in [4.78, 5) is 0. The van der Waals surface area contributed by atoms with Gasteiger partial charge < -0.3 is 0 Å². The summed E-state index contributed by atoms with van der Waals surface area (Å²) in [7, 11) is 0. The van der Waals surface area contributed by atoms with Crippen molar-refractivity contribution < 1.29 is 0 Å². The predicted molar refractivity (Wildman–Crippen MR) is 50.0 cm³/mol. The van der Waals surface area contributed by atoms with Crippen LogP contribution in [0.25, 0.3) is 0 Å². The first-order chi connectivity index (χ1) is 4.83. The second-order valence-corrected chi connectivity index (χ2v) is 4.88. The number of thioether (sulfide) groups is 1. The van der Waals surface area contributed by atoms with Gasteiger partial charge in [-0.1, -0.05) is 13.3 Å². The Labute approximate surface area is 72.7 Å². The Hall–Kier alpha value is 0.640. The van der Waals surface area contributed by atoms with E-state index in [2.05, 4.69) is 6.92 Å². The van der Waals surface area contributed by atoms with E-state index in [0.717, 1.165) is 11.8 Å². The molecule has 0 aliphatic heterocycles. The summed E-state index contributed by atoms with van der Waals surface area (Å²) in [5.41, 5.74) is 0. The van der Waals surface area contributed by atoms with Crippen LogP contribution in [0.15, 0.2) is 0 Å². The normalized spacial score (nSPS) is 22.2. The summed E-state index contributed by atoms with van der Waals surface area (Å²) in [6.07, 6.45) is 4.38. The third kappa shape index (κ3) is 2.71. The molecule has 1 rings (SSSR count). The summed E-state index contributed by atoms with van der Waals surface area (Å²) in [5, 5.41) is 0.655. The summed E-state index contributed by atoms with van der Waals surface area (Å²) in [6, 6.07) is 0. The minimum Gasteiger partial charge on any atom is -0.157 e. The molecule has 0 N–H and O–H groups in total. The van der Waals surface area contributed by atoms with Crippen LogP contribution in [0.3, 0.4) is 0 Å². The van der Waals surface area contributed by atoms with Gasteiger partial charge in [0, 0.05) is 11.1 Å². The molecule has 0 amide bonds. The van der Waals surface area contributed by atoms with E-state index in [1.54, 1.807) is 0 Å². The van der Waals surface area contributed by atoms with Gasteiger partial charge in [-0.05, 0) is 24.5 Å². The van der Waals surface area contributed by atoms with Crippen molar-refractivity contribution in [3.63, 3.8) is 0 Å². The monoisotopic (exact) mass is 178 g/mol. The third-order valence-corrected chi connectivity index (χ3v) is 4.10. The smallest absolute Gasteiger partial charge is 0.0339 e. The van der Waals surface area contributed by atoms with Crippen molar-refractivity contribution >= 4 is 23.4 Å². The molecule has 1 aliphatic carbocycles. The highest BCUT2D eigenvalue weighted by Crippen LogP contribution is 2.30. The van der Waals surface area contributed by atoms with Gasteiger partial charge >= 0.3 is 0 Å². The van der Waals surface area contributed by atoms with Crippen LogP contribution >= 0.6 is 23.4 Å². The summed E-state index contributed by atoms with van der Waals surface area (Å²) in [5.74, 6) is 3.17. The highest BCUT2D eigenvalue weighted by atomic mass is 35.5. The van der Waals surface area contributed by atoms with E-state index in [0.29, 0.717) is 5.25 Å². The third-order valence-electron chi connectivity index (χ3n) is 2.06. The number of halogens is 1. The lowest BCUT2D eigenvalue weighted by atomic mass is 9.87. The molecule has 0 aromatic carbocycles. The van der Waals surface area contributed by atoms with Crippen molar-refractivity contribution in [2.24, 2.45) is 5.92 Å². The van der Waals surface area contributed by atoms with Crippen molar-refractivity contribution in [2.75, 3.05) is 11.6 Å². The lowest BCUT2D eigenvalue weighted by molar-refractivity contribution is 0.353.